The number of ether oxygens (including phenoxy) is 1. The minimum Gasteiger partial charge on any atom is -0.376 e. The van der Waals surface area contributed by atoms with Gasteiger partial charge in [-0.15, -0.1) is 0 Å². The summed E-state index contributed by atoms with van der Waals surface area (Å²) in [7, 11) is 0. The Bertz CT molecular complexity index is 669. The van der Waals surface area contributed by atoms with Crippen LogP contribution in [0.2, 0.25) is 0 Å². The van der Waals surface area contributed by atoms with E-state index in [1.807, 2.05) is 17.7 Å². The number of nitrogens with one attached hydrogen (secondary N) is 2. The average Bonchev–Trinajstić information content (AvgIpc) is 3.27. The lowest BCUT2D eigenvalue weighted by Crippen LogP contribution is -2.46. The molecule has 0 radical (unpaired) electrons. The monoisotopic (exact) mass is 346 g/mol. The first-order valence-electron chi connectivity index (χ1n) is 8.51. The van der Waals surface area contributed by atoms with Gasteiger partial charge in [-0.05, 0) is 37.5 Å². The summed E-state index contributed by atoms with van der Waals surface area (Å²) >= 11 is 0. The smallest absolute Gasteiger partial charge is 0.315 e. The topological polar surface area (TPSA) is 68.2 Å². The van der Waals surface area contributed by atoms with Crippen LogP contribution >= 0.6 is 0 Å². The van der Waals surface area contributed by atoms with Crippen molar-refractivity contribution in [2.45, 2.75) is 44.5 Å². The highest BCUT2D eigenvalue weighted by molar-refractivity contribution is 5.74. The zero-order valence-electron chi connectivity index (χ0n) is 14.2. The van der Waals surface area contributed by atoms with E-state index in [9.17, 15) is 9.18 Å². The first kappa shape index (κ1) is 17.4. The number of carbonyl (C=O) groups excluding carboxylic acids is 1. The molecule has 6 nitrogen and oxygen atoms in total. The zero-order valence-corrected chi connectivity index (χ0v) is 14.2. The molecule has 134 valence electrons. The Balaban J connectivity index is 1.62. The highest BCUT2D eigenvalue weighted by Crippen LogP contribution is 2.27. The second kappa shape index (κ2) is 8.11. The lowest BCUT2D eigenvalue weighted by atomic mass is 9.99. The molecule has 7 heteroatoms. The second-order valence-corrected chi connectivity index (χ2v) is 6.36. The van der Waals surface area contributed by atoms with Gasteiger partial charge in [-0.3, -0.25) is 0 Å². The Morgan fingerprint density at radius 1 is 1.40 bits per heavy atom. The van der Waals surface area contributed by atoms with Crippen LogP contribution in [0.3, 0.4) is 0 Å². The number of benzene rings is 1. The normalized spacial score (nSPS) is 19.4. The number of nitrogens with zero attached hydrogens (tertiary/aromatic N) is 2. The van der Waals surface area contributed by atoms with Crippen LogP contribution in [-0.2, 0) is 11.3 Å². The van der Waals surface area contributed by atoms with Crippen LogP contribution in [-0.4, -0.2) is 34.3 Å². The van der Waals surface area contributed by atoms with E-state index < -0.39 is 0 Å². The molecule has 2 amide bonds. The Morgan fingerprint density at radius 3 is 2.84 bits per heavy atom. The molecule has 1 aliphatic heterocycles. The fraction of sp³-hybridized carbons (Fsp3) is 0.444. The van der Waals surface area contributed by atoms with Crippen molar-refractivity contribution in [1.82, 2.24) is 20.2 Å². The maximum Gasteiger partial charge on any atom is 0.315 e. The molecule has 3 atom stereocenters. The number of urea groups is 1. The molecule has 0 aliphatic carbocycles. The predicted molar refractivity (Wildman–Crippen MR) is 91.5 cm³/mol. The number of rotatable bonds is 6. The maximum absolute atomic E-state index is 13.2. The summed E-state index contributed by atoms with van der Waals surface area (Å²) in [6.45, 7) is 3.25. The van der Waals surface area contributed by atoms with Gasteiger partial charge in [0.25, 0.3) is 0 Å². The van der Waals surface area contributed by atoms with Gasteiger partial charge in [0, 0.05) is 31.6 Å². The van der Waals surface area contributed by atoms with E-state index >= 15 is 0 Å². The standard InChI is InChI=1S/C18H23FN4O2/c1-13(11-23-9-8-20-12-23)21-18(24)22-17(16-3-2-10-25-16)14-4-6-15(19)7-5-14/h4-9,12-13,16-17H,2-3,10-11H2,1H3,(H2,21,22,24)/t13-,16+,17-/m1/s1. The Kier molecular flexibility index (Phi) is 5.65. The summed E-state index contributed by atoms with van der Waals surface area (Å²) in [5, 5.41) is 5.91. The number of amides is 2. The van der Waals surface area contributed by atoms with Crippen molar-refractivity contribution in [3.05, 3.63) is 54.4 Å². The summed E-state index contributed by atoms with van der Waals surface area (Å²) in [4.78, 5) is 16.4. The quantitative estimate of drug-likeness (QED) is 0.845. The molecule has 2 heterocycles. The molecule has 0 spiro atoms. The van der Waals surface area contributed by atoms with Crippen molar-refractivity contribution in [1.29, 1.82) is 0 Å². The Morgan fingerprint density at radius 2 is 2.20 bits per heavy atom. The molecule has 0 unspecified atom stereocenters. The molecule has 1 fully saturated rings. The molecule has 0 saturated carbocycles. The van der Waals surface area contributed by atoms with Gasteiger partial charge < -0.3 is 19.9 Å². The zero-order chi connectivity index (χ0) is 17.6. The molecular formula is C18H23FN4O2. The van der Waals surface area contributed by atoms with Crippen molar-refractivity contribution >= 4 is 6.03 Å². The second-order valence-electron chi connectivity index (χ2n) is 6.36. The number of hydrogen-bond donors (Lipinski definition) is 2. The Hall–Kier alpha value is -2.41. The molecule has 1 aromatic heterocycles. The minimum atomic E-state index is -0.302. The SMILES string of the molecule is C[C@H](Cn1ccnc1)NC(=O)N[C@H](c1ccc(F)cc1)[C@@H]1CCCO1. The van der Waals surface area contributed by atoms with Crippen molar-refractivity contribution in [2.24, 2.45) is 0 Å². The van der Waals surface area contributed by atoms with Crippen LogP contribution in [0, 0.1) is 5.82 Å². The van der Waals surface area contributed by atoms with Crippen LogP contribution in [0.4, 0.5) is 9.18 Å². The molecule has 0 bridgehead atoms. The number of hydrogen-bond acceptors (Lipinski definition) is 3. The average molecular weight is 346 g/mol. The fourth-order valence-electron chi connectivity index (χ4n) is 3.09. The van der Waals surface area contributed by atoms with Crippen LogP contribution in [0.15, 0.2) is 43.0 Å². The van der Waals surface area contributed by atoms with Crippen molar-refractivity contribution in [3.63, 3.8) is 0 Å². The van der Waals surface area contributed by atoms with E-state index in [1.165, 1.54) is 12.1 Å². The van der Waals surface area contributed by atoms with Gasteiger partial charge >= 0.3 is 6.03 Å². The molecule has 1 saturated heterocycles. The summed E-state index contributed by atoms with van der Waals surface area (Å²) in [5.74, 6) is -0.298. The summed E-state index contributed by atoms with van der Waals surface area (Å²) in [6, 6.07) is 5.55. The van der Waals surface area contributed by atoms with E-state index in [2.05, 4.69) is 15.6 Å². The largest absolute Gasteiger partial charge is 0.376 e. The number of imidazole rings is 1. The summed E-state index contributed by atoms with van der Waals surface area (Å²) in [6.07, 6.45) is 7.00. The van der Waals surface area contributed by atoms with Crippen LogP contribution in [0.1, 0.15) is 31.4 Å². The predicted octanol–water partition coefficient (Wildman–Crippen LogP) is 2.63. The van der Waals surface area contributed by atoms with Crippen molar-refractivity contribution < 1.29 is 13.9 Å². The van der Waals surface area contributed by atoms with Crippen molar-refractivity contribution in [2.75, 3.05) is 6.61 Å². The minimum absolute atomic E-state index is 0.0624. The van der Waals surface area contributed by atoms with E-state index in [1.54, 1.807) is 24.7 Å². The summed E-state index contributed by atoms with van der Waals surface area (Å²) < 4.78 is 20.9. The van der Waals surface area contributed by atoms with Crippen molar-refractivity contribution in [3.8, 4) is 0 Å². The molecule has 25 heavy (non-hydrogen) atoms. The van der Waals surface area contributed by atoms with Gasteiger partial charge in [0.05, 0.1) is 18.5 Å². The fourth-order valence-corrected chi connectivity index (χ4v) is 3.09. The highest BCUT2D eigenvalue weighted by atomic mass is 19.1. The molecule has 2 N–H and O–H groups in total. The summed E-state index contributed by atoms with van der Waals surface area (Å²) in [5.41, 5.74) is 0.839. The van der Waals surface area contributed by atoms with E-state index in [0.717, 1.165) is 18.4 Å². The molecule has 3 rings (SSSR count). The van der Waals surface area contributed by atoms with Gasteiger partial charge in [0.15, 0.2) is 0 Å². The maximum atomic E-state index is 13.2. The number of aromatic nitrogens is 2. The first-order chi connectivity index (χ1) is 12.1. The van der Waals surface area contributed by atoms with E-state index in [-0.39, 0.29) is 30.0 Å². The van der Waals surface area contributed by atoms with E-state index in [0.29, 0.717) is 13.2 Å². The van der Waals surface area contributed by atoms with Gasteiger partial charge in [0.2, 0.25) is 0 Å². The lowest BCUT2D eigenvalue weighted by molar-refractivity contribution is 0.0805. The van der Waals surface area contributed by atoms with Gasteiger partial charge in [0.1, 0.15) is 5.82 Å². The third kappa shape index (κ3) is 4.79. The van der Waals surface area contributed by atoms with Crippen LogP contribution in [0.5, 0.6) is 0 Å². The van der Waals surface area contributed by atoms with Gasteiger partial charge in [-0.25, -0.2) is 14.2 Å². The third-order valence-corrected chi connectivity index (χ3v) is 4.27. The Labute approximate surface area is 146 Å². The van der Waals surface area contributed by atoms with Gasteiger partial charge in [-0.1, -0.05) is 12.1 Å². The van der Waals surface area contributed by atoms with Gasteiger partial charge in [-0.2, -0.15) is 0 Å². The van der Waals surface area contributed by atoms with Crippen LogP contribution in [0.25, 0.3) is 0 Å². The van der Waals surface area contributed by atoms with E-state index in [4.69, 9.17) is 4.74 Å². The number of carbonyl (C=O) groups is 1. The third-order valence-electron chi connectivity index (χ3n) is 4.27. The lowest BCUT2D eigenvalue weighted by Gasteiger charge is -2.26. The molecule has 1 aromatic carbocycles. The molecule has 1 aliphatic rings. The highest BCUT2D eigenvalue weighted by Gasteiger charge is 2.29. The molecular weight excluding hydrogens is 323 g/mol. The number of halogens is 1. The van der Waals surface area contributed by atoms with Crippen LogP contribution < -0.4 is 10.6 Å². The first-order valence-corrected chi connectivity index (χ1v) is 8.51. The molecule has 2 aromatic rings.